The number of halogens is 3. The van der Waals surface area contributed by atoms with E-state index in [-0.39, 0.29) is 12.4 Å². The van der Waals surface area contributed by atoms with Crippen LogP contribution in [0.25, 0.3) is 0 Å². The van der Waals surface area contributed by atoms with Crippen molar-refractivity contribution in [2.45, 2.75) is 19.3 Å². The van der Waals surface area contributed by atoms with Gasteiger partial charge in [0.2, 0.25) is 0 Å². The SMILES string of the molecule is Cl.NCC1CCN(CCOCC(F)F)CC1. The van der Waals surface area contributed by atoms with Gasteiger partial charge in [0.1, 0.15) is 6.61 Å². The van der Waals surface area contributed by atoms with Crippen molar-refractivity contribution >= 4 is 12.4 Å². The Bertz CT molecular complexity index is 167. The predicted octanol–water partition coefficient (Wildman–Crippen LogP) is 1.36. The van der Waals surface area contributed by atoms with Crippen molar-refractivity contribution in [3.8, 4) is 0 Å². The number of ether oxygens (including phenoxy) is 1. The van der Waals surface area contributed by atoms with E-state index >= 15 is 0 Å². The van der Waals surface area contributed by atoms with E-state index in [1.807, 2.05) is 0 Å². The van der Waals surface area contributed by atoms with E-state index in [2.05, 4.69) is 4.90 Å². The molecule has 0 aromatic carbocycles. The summed E-state index contributed by atoms with van der Waals surface area (Å²) in [4.78, 5) is 2.25. The largest absolute Gasteiger partial charge is 0.374 e. The molecule has 0 radical (unpaired) electrons. The quantitative estimate of drug-likeness (QED) is 0.732. The van der Waals surface area contributed by atoms with E-state index in [9.17, 15) is 8.78 Å². The minimum absolute atomic E-state index is 0. The number of alkyl halides is 2. The molecule has 3 nitrogen and oxygen atoms in total. The Hall–Kier alpha value is 0.0300. The van der Waals surface area contributed by atoms with E-state index in [4.69, 9.17) is 10.5 Å². The Balaban J connectivity index is 0.00000225. The number of likely N-dealkylation sites (tertiary alicyclic amines) is 1. The van der Waals surface area contributed by atoms with Crippen molar-refractivity contribution < 1.29 is 13.5 Å². The summed E-state index contributed by atoms with van der Waals surface area (Å²) in [5.41, 5.74) is 5.58. The third kappa shape index (κ3) is 6.58. The van der Waals surface area contributed by atoms with Crippen LogP contribution in [0, 0.1) is 5.92 Å². The molecule has 0 amide bonds. The van der Waals surface area contributed by atoms with Crippen molar-refractivity contribution in [3.63, 3.8) is 0 Å². The molecule has 0 aliphatic carbocycles. The topological polar surface area (TPSA) is 38.5 Å². The Morgan fingerprint density at radius 3 is 2.44 bits per heavy atom. The average molecular weight is 259 g/mol. The number of hydrogen-bond donors (Lipinski definition) is 1. The van der Waals surface area contributed by atoms with Gasteiger partial charge in [-0.2, -0.15) is 0 Å². The van der Waals surface area contributed by atoms with Crippen LogP contribution in [0.4, 0.5) is 8.78 Å². The highest BCUT2D eigenvalue weighted by molar-refractivity contribution is 5.85. The first-order chi connectivity index (χ1) is 7.22. The first kappa shape index (κ1) is 16.0. The molecule has 98 valence electrons. The smallest absolute Gasteiger partial charge is 0.261 e. The van der Waals surface area contributed by atoms with Gasteiger partial charge < -0.3 is 15.4 Å². The molecule has 0 aromatic heterocycles. The van der Waals surface area contributed by atoms with Gasteiger partial charge in [0.25, 0.3) is 6.43 Å². The van der Waals surface area contributed by atoms with Crippen molar-refractivity contribution in [2.75, 3.05) is 39.4 Å². The van der Waals surface area contributed by atoms with Crippen LogP contribution in [-0.2, 0) is 4.74 Å². The molecule has 1 aliphatic heterocycles. The molecule has 1 aliphatic rings. The van der Waals surface area contributed by atoms with Crippen molar-refractivity contribution in [1.82, 2.24) is 4.90 Å². The molecule has 0 aromatic rings. The first-order valence-corrected chi connectivity index (χ1v) is 5.50. The van der Waals surface area contributed by atoms with Gasteiger partial charge >= 0.3 is 0 Å². The number of nitrogens with two attached hydrogens (primary N) is 1. The fourth-order valence-corrected chi connectivity index (χ4v) is 1.81. The second-order valence-corrected chi connectivity index (χ2v) is 3.99. The fraction of sp³-hybridized carbons (Fsp3) is 1.00. The molecule has 0 saturated carbocycles. The first-order valence-electron chi connectivity index (χ1n) is 5.50. The number of piperidine rings is 1. The number of nitrogens with zero attached hydrogens (tertiary/aromatic N) is 1. The Morgan fingerprint density at radius 2 is 1.94 bits per heavy atom. The highest BCUT2D eigenvalue weighted by atomic mass is 35.5. The predicted molar refractivity (Wildman–Crippen MR) is 62.3 cm³/mol. The van der Waals surface area contributed by atoms with Crippen LogP contribution in [0.3, 0.4) is 0 Å². The zero-order valence-electron chi connectivity index (χ0n) is 9.41. The maximum absolute atomic E-state index is 11.7. The summed E-state index contributed by atoms with van der Waals surface area (Å²) >= 11 is 0. The van der Waals surface area contributed by atoms with E-state index in [0.29, 0.717) is 12.5 Å². The van der Waals surface area contributed by atoms with Gasteiger partial charge in [0, 0.05) is 6.54 Å². The Morgan fingerprint density at radius 1 is 1.31 bits per heavy atom. The van der Waals surface area contributed by atoms with Gasteiger partial charge in [0.15, 0.2) is 0 Å². The molecule has 0 unspecified atom stereocenters. The van der Waals surface area contributed by atoms with Gasteiger partial charge in [-0.1, -0.05) is 0 Å². The molecule has 0 atom stereocenters. The highest BCUT2D eigenvalue weighted by Gasteiger charge is 2.17. The molecular weight excluding hydrogens is 238 g/mol. The molecule has 1 heterocycles. The van der Waals surface area contributed by atoms with Gasteiger partial charge in [-0.25, -0.2) is 8.78 Å². The molecular formula is C10H21ClF2N2O. The number of rotatable bonds is 6. The lowest BCUT2D eigenvalue weighted by molar-refractivity contribution is 0.00712. The molecule has 0 spiro atoms. The second-order valence-electron chi connectivity index (χ2n) is 3.99. The zero-order valence-corrected chi connectivity index (χ0v) is 10.2. The van der Waals surface area contributed by atoms with Crippen LogP contribution in [-0.4, -0.2) is 50.7 Å². The van der Waals surface area contributed by atoms with Crippen LogP contribution < -0.4 is 5.73 Å². The molecule has 1 fully saturated rings. The molecule has 0 bridgehead atoms. The Labute approximate surface area is 102 Å². The van der Waals surface area contributed by atoms with Crippen LogP contribution in [0.5, 0.6) is 0 Å². The summed E-state index contributed by atoms with van der Waals surface area (Å²) in [6.07, 6.45) is -0.121. The summed E-state index contributed by atoms with van der Waals surface area (Å²) in [7, 11) is 0. The molecule has 1 rings (SSSR count). The van der Waals surface area contributed by atoms with Crippen molar-refractivity contribution in [3.05, 3.63) is 0 Å². The average Bonchev–Trinajstić information content (AvgIpc) is 2.25. The van der Waals surface area contributed by atoms with Gasteiger partial charge in [-0.05, 0) is 38.4 Å². The molecule has 6 heteroatoms. The standard InChI is InChI=1S/C10H20F2N2O.ClH/c11-10(12)8-15-6-5-14-3-1-9(7-13)2-4-14;/h9-10H,1-8,13H2;1H. The summed E-state index contributed by atoms with van der Waals surface area (Å²) in [6, 6.07) is 0. The van der Waals surface area contributed by atoms with Crippen molar-refractivity contribution in [2.24, 2.45) is 11.7 Å². The lowest BCUT2D eigenvalue weighted by atomic mass is 9.97. The lowest BCUT2D eigenvalue weighted by Crippen LogP contribution is -2.38. The fourth-order valence-electron chi connectivity index (χ4n) is 1.81. The van der Waals surface area contributed by atoms with Gasteiger partial charge in [-0.15, -0.1) is 12.4 Å². The normalized spacial score (nSPS) is 18.8. The summed E-state index contributed by atoms with van der Waals surface area (Å²) in [6.45, 7) is 3.50. The maximum atomic E-state index is 11.7. The van der Waals surface area contributed by atoms with Crippen LogP contribution in [0.1, 0.15) is 12.8 Å². The van der Waals surface area contributed by atoms with Crippen LogP contribution in [0.15, 0.2) is 0 Å². The van der Waals surface area contributed by atoms with Gasteiger partial charge in [-0.3, -0.25) is 0 Å². The summed E-state index contributed by atoms with van der Waals surface area (Å²) < 4.78 is 28.3. The van der Waals surface area contributed by atoms with E-state index in [0.717, 1.165) is 39.0 Å². The van der Waals surface area contributed by atoms with Crippen LogP contribution >= 0.6 is 12.4 Å². The van der Waals surface area contributed by atoms with E-state index < -0.39 is 13.0 Å². The molecule has 16 heavy (non-hydrogen) atoms. The lowest BCUT2D eigenvalue weighted by Gasteiger charge is -2.31. The van der Waals surface area contributed by atoms with Gasteiger partial charge in [0.05, 0.1) is 6.61 Å². The third-order valence-electron chi connectivity index (χ3n) is 2.84. The molecule has 2 N–H and O–H groups in total. The minimum atomic E-state index is -2.35. The van der Waals surface area contributed by atoms with Crippen molar-refractivity contribution in [1.29, 1.82) is 0 Å². The highest BCUT2D eigenvalue weighted by Crippen LogP contribution is 2.15. The molecule has 1 saturated heterocycles. The minimum Gasteiger partial charge on any atom is -0.374 e. The third-order valence-corrected chi connectivity index (χ3v) is 2.84. The second kappa shape index (κ2) is 9.10. The zero-order chi connectivity index (χ0) is 11.1. The van der Waals surface area contributed by atoms with Crippen LogP contribution in [0.2, 0.25) is 0 Å². The Kier molecular flexibility index (Phi) is 9.12. The maximum Gasteiger partial charge on any atom is 0.261 e. The monoisotopic (exact) mass is 258 g/mol. The van der Waals surface area contributed by atoms with E-state index in [1.165, 1.54) is 0 Å². The van der Waals surface area contributed by atoms with E-state index in [1.54, 1.807) is 0 Å². The summed E-state index contributed by atoms with van der Waals surface area (Å²) in [5.74, 6) is 0.642. The number of hydrogen-bond acceptors (Lipinski definition) is 3. The summed E-state index contributed by atoms with van der Waals surface area (Å²) in [5, 5.41) is 0.